The Kier molecular flexibility index (Phi) is 6.00. The smallest absolute Gasteiger partial charge is 0.274 e. The van der Waals surface area contributed by atoms with Gasteiger partial charge in [0.25, 0.3) is 9.70 Å². The van der Waals surface area contributed by atoms with Crippen LogP contribution >= 0.6 is 47.0 Å². The van der Waals surface area contributed by atoms with E-state index in [1.165, 1.54) is 0 Å². The number of carbonyl (C=O) groups excluding carboxylic acids is 1. The van der Waals surface area contributed by atoms with Crippen LogP contribution in [-0.2, 0) is 4.79 Å². The molecule has 0 radical (unpaired) electrons. The van der Waals surface area contributed by atoms with Crippen LogP contribution in [0.4, 0.5) is 5.69 Å². The zero-order valence-electron chi connectivity index (χ0n) is 12.9. The predicted octanol–water partition coefficient (Wildman–Crippen LogP) is 2.94. The molecule has 1 aromatic carbocycles. The molecule has 1 aliphatic heterocycles. The van der Waals surface area contributed by atoms with Gasteiger partial charge in [-0.1, -0.05) is 47.0 Å². The minimum Gasteiger partial charge on any atom is -0.378 e. The average molecular weight is 395 g/mol. The van der Waals surface area contributed by atoms with Crippen molar-refractivity contribution in [3.8, 4) is 0 Å². The van der Waals surface area contributed by atoms with E-state index in [2.05, 4.69) is 4.90 Å². The summed E-state index contributed by atoms with van der Waals surface area (Å²) in [4.78, 5) is 18.4. The summed E-state index contributed by atoms with van der Waals surface area (Å²) in [6, 6.07) is 8.08. The Bertz CT molecular complexity index is 579. The number of rotatable bonds is 2. The van der Waals surface area contributed by atoms with E-state index < -0.39 is 9.70 Å². The highest BCUT2D eigenvalue weighted by atomic mass is 35.6. The maximum Gasteiger partial charge on any atom is 0.274 e. The molecule has 1 fully saturated rings. The van der Waals surface area contributed by atoms with Crippen LogP contribution < -0.4 is 4.90 Å². The van der Waals surface area contributed by atoms with E-state index in [1.54, 1.807) is 4.90 Å². The van der Waals surface area contributed by atoms with Crippen molar-refractivity contribution in [3.63, 3.8) is 0 Å². The highest BCUT2D eigenvalue weighted by molar-refractivity contribution is 7.80. The molecule has 0 unspecified atom stereocenters. The molecule has 0 aliphatic carbocycles. The quantitative estimate of drug-likeness (QED) is 0.569. The summed E-state index contributed by atoms with van der Waals surface area (Å²) >= 11 is 22.5. The van der Waals surface area contributed by atoms with E-state index in [0.29, 0.717) is 26.2 Å². The van der Waals surface area contributed by atoms with Crippen molar-refractivity contribution >= 4 is 63.6 Å². The van der Waals surface area contributed by atoms with E-state index in [-0.39, 0.29) is 0 Å². The van der Waals surface area contributed by atoms with Crippen LogP contribution in [0.2, 0.25) is 0 Å². The Labute approximate surface area is 156 Å². The number of benzene rings is 1. The standard InChI is InChI=1S/C15H18Cl3N3OS/c1-19(2)12-5-3-11(4-6-12)13(23)20-7-9-21(10-8-20)14(22)15(16,17)18/h3-6H,7-10H2,1-2H3. The van der Waals surface area contributed by atoms with Crippen molar-refractivity contribution in [1.82, 2.24) is 9.80 Å². The number of halogens is 3. The number of hydrogen-bond acceptors (Lipinski definition) is 3. The van der Waals surface area contributed by atoms with Crippen LogP contribution in [0.1, 0.15) is 5.56 Å². The molecule has 126 valence electrons. The molecule has 1 aliphatic rings. The molecular weight excluding hydrogens is 377 g/mol. The molecule has 2 rings (SSSR count). The number of piperazine rings is 1. The Hall–Kier alpha value is -0.750. The largest absolute Gasteiger partial charge is 0.378 e. The van der Waals surface area contributed by atoms with E-state index in [4.69, 9.17) is 47.0 Å². The zero-order valence-corrected chi connectivity index (χ0v) is 16.0. The molecule has 4 nitrogen and oxygen atoms in total. The highest BCUT2D eigenvalue weighted by Crippen LogP contribution is 2.29. The molecule has 0 aromatic heterocycles. The van der Waals surface area contributed by atoms with Gasteiger partial charge in [-0.25, -0.2) is 0 Å². The molecule has 0 atom stereocenters. The molecular formula is C15H18Cl3N3OS. The van der Waals surface area contributed by atoms with Crippen LogP contribution in [0.5, 0.6) is 0 Å². The predicted molar refractivity (Wildman–Crippen MR) is 101 cm³/mol. The van der Waals surface area contributed by atoms with Crippen LogP contribution in [0.3, 0.4) is 0 Å². The first kappa shape index (κ1) is 18.6. The van der Waals surface area contributed by atoms with Gasteiger partial charge in [0, 0.05) is 51.5 Å². The average Bonchev–Trinajstić information content (AvgIpc) is 2.53. The lowest BCUT2D eigenvalue weighted by atomic mass is 10.1. The number of alkyl halides is 3. The number of nitrogens with zero attached hydrogens (tertiary/aromatic N) is 3. The van der Waals surface area contributed by atoms with Gasteiger partial charge in [-0.05, 0) is 24.3 Å². The normalized spacial score (nSPS) is 15.5. The van der Waals surface area contributed by atoms with E-state index in [9.17, 15) is 4.79 Å². The number of anilines is 1. The van der Waals surface area contributed by atoms with Crippen molar-refractivity contribution in [2.75, 3.05) is 45.2 Å². The molecule has 0 bridgehead atoms. The summed E-state index contributed by atoms with van der Waals surface area (Å²) in [6.45, 7) is 2.23. The van der Waals surface area contributed by atoms with Crippen LogP contribution in [-0.4, -0.2) is 64.8 Å². The van der Waals surface area contributed by atoms with Gasteiger partial charge in [-0.3, -0.25) is 4.79 Å². The number of thiocarbonyl (C=S) groups is 1. The van der Waals surface area contributed by atoms with Gasteiger partial charge in [0.05, 0.1) is 0 Å². The highest BCUT2D eigenvalue weighted by Gasteiger charge is 2.36. The monoisotopic (exact) mass is 393 g/mol. The van der Waals surface area contributed by atoms with Crippen LogP contribution in [0.15, 0.2) is 24.3 Å². The van der Waals surface area contributed by atoms with E-state index >= 15 is 0 Å². The minimum atomic E-state index is -1.90. The van der Waals surface area contributed by atoms with Crippen molar-refractivity contribution < 1.29 is 4.79 Å². The van der Waals surface area contributed by atoms with Gasteiger partial charge < -0.3 is 14.7 Å². The molecule has 23 heavy (non-hydrogen) atoms. The van der Waals surface area contributed by atoms with Gasteiger partial charge in [-0.15, -0.1) is 0 Å². The summed E-state index contributed by atoms with van der Waals surface area (Å²) in [5.41, 5.74) is 2.11. The molecule has 0 spiro atoms. The molecule has 0 saturated carbocycles. The lowest BCUT2D eigenvalue weighted by Crippen LogP contribution is -2.52. The maximum atomic E-state index is 11.9. The van der Waals surface area contributed by atoms with Gasteiger partial charge >= 0.3 is 0 Å². The second kappa shape index (κ2) is 7.43. The van der Waals surface area contributed by atoms with Crippen molar-refractivity contribution in [3.05, 3.63) is 29.8 Å². The Morgan fingerprint density at radius 2 is 1.52 bits per heavy atom. The van der Waals surface area contributed by atoms with E-state index in [0.717, 1.165) is 16.2 Å². The van der Waals surface area contributed by atoms with Gasteiger partial charge in [0.15, 0.2) is 0 Å². The number of carbonyl (C=O) groups is 1. The SMILES string of the molecule is CN(C)c1ccc(C(=S)N2CCN(C(=O)C(Cl)(Cl)Cl)CC2)cc1. The fraction of sp³-hybridized carbons (Fsp3) is 0.467. The molecule has 0 N–H and O–H groups in total. The molecule has 8 heteroatoms. The number of amides is 1. The van der Waals surface area contributed by atoms with Gasteiger partial charge in [0.2, 0.25) is 0 Å². The zero-order chi connectivity index (χ0) is 17.2. The third kappa shape index (κ3) is 4.63. The Morgan fingerprint density at radius 1 is 1.04 bits per heavy atom. The Morgan fingerprint density at radius 3 is 1.96 bits per heavy atom. The van der Waals surface area contributed by atoms with E-state index in [1.807, 2.05) is 43.3 Å². The summed E-state index contributed by atoms with van der Waals surface area (Å²) in [7, 11) is 3.99. The summed E-state index contributed by atoms with van der Waals surface area (Å²) in [5.74, 6) is -0.483. The molecule has 1 amide bonds. The fourth-order valence-corrected chi connectivity index (χ4v) is 3.05. The van der Waals surface area contributed by atoms with Crippen molar-refractivity contribution in [2.45, 2.75) is 3.79 Å². The van der Waals surface area contributed by atoms with Gasteiger partial charge in [0.1, 0.15) is 4.99 Å². The summed E-state index contributed by atoms with van der Waals surface area (Å²) in [6.07, 6.45) is 0. The molecule has 1 saturated heterocycles. The van der Waals surface area contributed by atoms with Crippen LogP contribution in [0.25, 0.3) is 0 Å². The van der Waals surface area contributed by atoms with Crippen molar-refractivity contribution in [1.29, 1.82) is 0 Å². The third-order valence-electron chi connectivity index (χ3n) is 3.73. The maximum absolute atomic E-state index is 11.9. The van der Waals surface area contributed by atoms with Crippen LogP contribution in [0, 0.1) is 0 Å². The lowest BCUT2D eigenvalue weighted by molar-refractivity contribution is -0.131. The topological polar surface area (TPSA) is 26.8 Å². The first-order valence-electron chi connectivity index (χ1n) is 7.13. The molecule has 1 heterocycles. The summed E-state index contributed by atoms with van der Waals surface area (Å²) < 4.78 is -1.90. The first-order valence-corrected chi connectivity index (χ1v) is 8.67. The van der Waals surface area contributed by atoms with Crippen molar-refractivity contribution in [2.24, 2.45) is 0 Å². The second-order valence-electron chi connectivity index (χ2n) is 5.52. The Balaban J connectivity index is 1.97. The summed E-state index contributed by atoms with van der Waals surface area (Å²) in [5, 5.41) is 0. The third-order valence-corrected chi connectivity index (χ3v) is 4.71. The first-order chi connectivity index (χ1) is 10.7. The van der Waals surface area contributed by atoms with Gasteiger partial charge in [-0.2, -0.15) is 0 Å². The second-order valence-corrected chi connectivity index (χ2v) is 8.19. The number of hydrogen-bond donors (Lipinski definition) is 0. The fourth-order valence-electron chi connectivity index (χ4n) is 2.38. The lowest BCUT2D eigenvalue weighted by Gasteiger charge is -2.37. The molecule has 1 aromatic rings. The minimum absolute atomic E-state index is 0.483.